The molecule has 0 saturated carbocycles. The third kappa shape index (κ3) is 3.82. The molecule has 0 bridgehead atoms. The van der Waals surface area contributed by atoms with Crippen LogP contribution in [-0.4, -0.2) is 38.0 Å². The highest BCUT2D eigenvalue weighted by Crippen LogP contribution is 2.20. The van der Waals surface area contributed by atoms with E-state index in [0.717, 1.165) is 39.1 Å². The van der Waals surface area contributed by atoms with Gasteiger partial charge in [-0.05, 0) is 29.8 Å². The molecule has 2 aromatic rings. The second-order valence-corrected chi connectivity index (χ2v) is 5.69. The molecule has 0 atom stereocenters. The van der Waals surface area contributed by atoms with Crippen molar-refractivity contribution in [1.82, 2.24) is 4.90 Å². The molecular weight excluding hydrogens is 262 g/mol. The van der Waals surface area contributed by atoms with E-state index >= 15 is 0 Å². The maximum Gasteiger partial charge on any atom is 0.158 e. The molecule has 112 valence electrons. The first kappa shape index (κ1) is 14.5. The molecule has 0 spiro atoms. The second-order valence-electron chi connectivity index (χ2n) is 5.69. The van der Waals surface area contributed by atoms with Gasteiger partial charge in [-0.15, -0.1) is 0 Å². The number of hydrogen-bond acceptors (Lipinski definition) is 3. The Morgan fingerprint density at radius 3 is 2.67 bits per heavy atom. The lowest BCUT2D eigenvalue weighted by Gasteiger charge is -2.25. The average Bonchev–Trinajstić information content (AvgIpc) is 2.54. The van der Waals surface area contributed by atoms with Crippen LogP contribution in [0.15, 0.2) is 42.5 Å². The van der Waals surface area contributed by atoms with Crippen molar-refractivity contribution in [2.45, 2.75) is 25.7 Å². The van der Waals surface area contributed by atoms with E-state index in [-0.39, 0.29) is 6.29 Å². The smallest absolute Gasteiger partial charge is 0.158 e. The second kappa shape index (κ2) is 7.03. The van der Waals surface area contributed by atoms with Gasteiger partial charge in [0.2, 0.25) is 0 Å². The van der Waals surface area contributed by atoms with Crippen LogP contribution < -0.4 is 0 Å². The number of benzene rings is 2. The van der Waals surface area contributed by atoms with Crippen LogP contribution in [0.2, 0.25) is 0 Å². The Bertz CT molecular complexity index is 573. The van der Waals surface area contributed by atoms with Crippen LogP contribution in [0.1, 0.15) is 18.4 Å². The molecule has 3 heteroatoms. The van der Waals surface area contributed by atoms with Gasteiger partial charge in [0.15, 0.2) is 6.29 Å². The summed E-state index contributed by atoms with van der Waals surface area (Å²) in [6.45, 7) is 3.59. The van der Waals surface area contributed by atoms with Gasteiger partial charge in [-0.2, -0.15) is 0 Å². The molecule has 0 unspecified atom stereocenters. The first-order chi connectivity index (χ1) is 10.3. The van der Waals surface area contributed by atoms with E-state index in [1.54, 1.807) is 0 Å². The summed E-state index contributed by atoms with van der Waals surface area (Å²) in [4.78, 5) is 2.34. The van der Waals surface area contributed by atoms with E-state index in [4.69, 9.17) is 9.47 Å². The fourth-order valence-corrected chi connectivity index (χ4v) is 2.83. The van der Waals surface area contributed by atoms with Crippen molar-refractivity contribution in [3.05, 3.63) is 48.0 Å². The van der Waals surface area contributed by atoms with Gasteiger partial charge in [0.25, 0.3) is 0 Å². The lowest BCUT2D eigenvalue weighted by molar-refractivity contribution is -0.182. The highest BCUT2D eigenvalue weighted by atomic mass is 16.7. The molecule has 1 saturated heterocycles. The highest BCUT2D eigenvalue weighted by Gasteiger charge is 2.15. The Morgan fingerprint density at radius 1 is 1.05 bits per heavy atom. The Morgan fingerprint density at radius 2 is 1.81 bits per heavy atom. The largest absolute Gasteiger partial charge is 0.353 e. The van der Waals surface area contributed by atoms with Gasteiger partial charge in [-0.3, -0.25) is 0 Å². The number of nitrogens with zero attached hydrogens (tertiary/aromatic N) is 1. The van der Waals surface area contributed by atoms with Gasteiger partial charge >= 0.3 is 0 Å². The van der Waals surface area contributed by atoms with E-state index in [1.165, 1.54) is 16.3 Å². The van der Waals surface area contributed by atoms with Gasteiger partial charge in [-0.1, -0.05) is 42.5 Å². The molecule has 3 nitrogen and oxygen atoms in total. The fourth-order valence-electron chi connectivity index (χ4n) is 2.83. The number of rotatable bonds is 5. The molecule has 0 aromatic heterocycles. The van der Waals surface area contributed by atoms with Crippen molar-refractivity contribution in [1.29, 1.82) is 0 Å². The van der Waals surface area contributed by atoms with E-state index in [1.807, 2.05) is 0 Å². The van der Waals surface area contributed by atoms with E-state index in [2.05, 4.69) is 54.4 Å². The van der Waals surface area contributed by atoms with Crippen LogP contribution in [0.5, 0.6) is 0 Å². The molecule has 3 rings (SSSR count). The van der Waals surface area contributed by atoms with Crippen molar-refractivity contribution >= 4 is 10.8 Å². The van der Waals surface area contributed by atoms with Gasteiger partial charge in [-0.25, -0.2) is 0 Å². The molecule has 21 heavy (non-hydrogen) atoms. The Labute approximate surface area is 126 Å². The first-order valence-corrected chi connectivity index (χ1v) is 7.71. The summed E-state index contributed by atoms with van der Waals surface area (Å²) in [6, 6.07) is 15.1. The SMILES string of the molecule is CN(CCC1OCCCO1)Cc1cccc2ccccc12. The van der Waals surface area contributed by atoms with Crippen LogP contribution in [-0.2, 0) is 16.0 Å². The van der Waals surface area contributed by atoms with E-state index < -0.39 is 0 Å². The van der Waals surface area contributed by atoms with E-state index in [0.29, 0.717) is 0 Å². The summed E-state index contributed by atoms with van der Waals surface area (Å²) in [5.74, 6) is 0. The predicted molar refractivity (Wildman–Crippen MR) is 85.2 cm³/mol. The van der Waals surface area contributed by atoms with Crippen molar-refractivity contribution in [2.75, 3.05) is 26.8 Å². The molecule has 2 aromatic carbocycles. The minimum Gasteiger partial charge on any atom is -0.353 e. The molecule has 0 radical (unpaired) electrons. The average molecular weight is 285 g/mol. The zero-order valence-corrected chi connectivity index (χ0v) is 12.6. The number of fused-ring (bicyclic) bond motifs is 1. The highest BCUT2D eigenvalue weighted by molar-refractivity contribution is 5.85. The Hall–Kier alpha value is -1.42. The van der Waals surface area contributed by atoms with Crippen molar-refractivity contribution in [3.8, 4) is 0 Å². The van der Waals surface area contributed by atoms with Gasteiger partial charge in [0, 0.05) is 19.5 Å². The van der Waals surface area contributed by atoms with Gasteiger partial charge < -0.3 is 14.4 Å². The van der Waals surface area contributed by atoms with Crippen LogP contribution in [0.25, 0.3) is 10.8 Å². The molecule has 1 heterocycles. The third-order valence-corrected chi connectivity index (χ3v) is 3.96. The van der Waals surface area contributed by atoms with Crippen molar-refractivity contribution in [3.63, 3.8) is 0 Å². The van der Waals surface area contributed by atoms with Gasteiger partial charge in [0.1, 0.15) is 0 Å². The van der Waals surface area contributed by atoms with Crippen LogP contribution in [0, 0.1) is 0 Å². The van der Waals surface area contributed by atoms with Crippen LogP contribution in [0.3, 0.4) is 0 Å². The third-order valence-electron chi connectivity index (χ3n) is 3.96. The standard InChI is InChI=1S/C18H23NO2/c1-19(11-10-18-20-12-5-13-21-18)14-16-8-4-7-15-6-2-3-9-17(15)16/h2-4,6-9,18H,5,10-14H2,1H3. The first-order valence-electron chi connectivity index (χ1n) is 7.71. The zero-order chi connectivity index (χ0) is 14.5. The quantitative estimate of drug-likeness (QED) is 0.840. The summed E-state index contributed by atoms with van der Waals surface area (Å²) < 4.78 is 11.2. The molecule has 0 N–H and O–H groups in total. The minimum absolute atomic E-state index is 0.0197. The van der Waals surface area contributed by atoms with Crippen LogP contribution in [0.4, 0.5) is 0 Å². The fraction of sp³-hybridized carbons (Fsp3) is 0.444. The van der Waals surface area contributed by atoms with Crippen LogP contribution >= 0.6 is 0 Å². The summed E-state index contributed by atoms with van der Waals surface area (Å²) in [6.07, 6.45) is 1.93. The van der Waals surface area contributed by atoms with Crippen molar-refractivity contribution < 1.29 is 9.47 Å². The normalized spacial score (nSPS) is 16.7. The summed E-state index contributed by atoms with van der Waals surface area (Å²) in [7, 11) is 2.16. The Kier molecular flexibility index (Phi) is 4.86. The molecule has 0 aliphatic carbocycles. The van der Waals surface area contributed by atoms with E-state index in [9.17, 15) is 0 Å². The summed E-state index contributed by atoms with van der Waals surface area (Å²) in [5, 5.41) is 2.65. The number of ether oxygens (including phenoxy) is 2. The molecule has 0 amide bonds. The monoisotopic (exact) mass is 285 g/mol. The summed E-state index contributed by atoms with van der Waals surface area (Å²) >= 11 is 0. The zero-order valence-electron chi connectivity index (χ0n) is 12.6. The summed E-state index contributed by atoms with van der Waals surface area (Å²) in [5.41, 5.74) is 1.38. The minimum atomic E-state index is -0.0197. The number of hydrogen-bond donors (Lipinski definition) is 0. The molecular formula is C18H23NO2. The molecule has 1 aliphatic rings. The molecule has 1 aliphatic heterocycles. The maximum atomic E-state index is 5.60. The predicted octanol–water partition coefficient (Wildman–Crippen LogP) is 3.42. The lowest BCUT2D eigenvalue weighted by atomic mass is 10.0. The topological polar surface area (TPSA) is 21.7 Å². The van der Waals surface area contributed by atoms with Gasteiger partial charge in [0.05, 0.1) is 13.2 Å². The lowest BCUT2D eigenvalue weighted by Crippen LogP contribution is -2.29. The van der Waals surface area contributed by atoms with Crippen molar-refractivity contribution in [2.24, 2.45) is 0 Å². The molecule has 1 fully saturated rings. The Balaban J connectivity index is 1.59. The maximum absolute atomic E-state index is 5.60.